The molecule has 4 heterocycles. The summed E-state index contributed by atoms with van der Waals surface area (Å²) in [6.45, 7) is 6.55. The van der Waals surface area contributed by atoms with Gasteiger partial charge >= 0.3 is 5.69 Å². The molecular formula is C17H22N6O2S. The van der Waals surface area contributed by atoms with E-state index in [0.29, 0.717) is 17.2 Å². The highest BCUT2D eigenvalue weighted by molar-refractivity contribution is 7.16. The van der Waals surface area contributed by atoms with E-state index in [1.807, 2.05) is 13.8 Å². The number of rotatable bonds is 4. The van der Waals surface area contributed by atoms with Crippen molar-refractivity contribution in [1.82, 2.24) is 29.0 Å². The summed E-state index contributed by atoms with van der Waals surface area (Å²) < 4.78 is 4.71. The predicted octanol–water partition coefficient (Wildman–Crippen LogP) is 0.958. The van der Waals surface area contributed by atoms with Gasteiger partial charge in [-0.15, -0.1) is 11.3 Å². The first-order chi connectivity index (χ1) is 12.6. The maximum Gasteiger partial charge on any atom is 0.346 e. The first-order valence-electron chi connectivity index (χ1n) is 8.93. The summed E-state index contributed by atoms with van der Waals surface area (Å²) in [6.07, 6.45) is 3.90. The monoisotopic (exact) mass is 374 g/mol. The molecule has 138 valence electrons. The summed E-state index contributed by atoms with van der Waals surface area (Å²) >= 11 is 1.46. The second-order valence-electron chi connectivity index (χ2n) is 6.67. The molecule has 0 aliphatic carbocycles. The van der Waals surface area contributed by atoms with Crippen molar-refractivity contribution < 1.29 is 0 Å². The Morgan fingerprint density at radius 3 is 2.96 bits per heavy atom. The van der Waals surface area contributed by atoms with Crippen molar-refractivity contribution in [1.29, 1.82) is 0 Å². The number of fused-ring (bicyclic) bond motifs is 1. The fourth-order valence-electron chi connectivity index (χ4n) is 3.53. The number of hydrogen-bond donors (Lipinski definition) is 1. The van der Waals surface area contributed by atoms with E-state index in [1.165, 1.54) is 26.5 Å². The summed E-state index contributed by atoms with van der Waals surface area (Å²) in [6, 6.07) is 1.48. The largest absolute Gasteiger partial charge is 0.346 e. The van der Waals surface area contributed by atoms with Gasteiger partial charge in [-0.05, 0) is 33.2 Å². The second kappa shape index (κ2) is 6.81. The topological polar surface area (TPSA) is 86.2 Å². The Bertz CT molecular complexity index is 1050. The van der Waals surface area contributed by atoms with E-state index in [-0.39, 0.29) is 23.7 Å². The van der Waals surface area contributed by atoms with Crippen molar-refractivity contribution in [3.05, 3.63) is 49.5 Å². The smallest absolute Gasteiger partial charge is 0.316 e. The lowest BCUT2D eigenvalue weighted by Crippen LogP contribution is -2.31. The van der Waals surface area contributed by atoms with Crippen LogP contribution in [-0.4, -0.2) is 36.8 Å². The number of nitrogens with zero attached hydrogens (tertiary/aromatic N) is 5. The SMILES string of the molecule is CCn1c([C@@H]2CCCNC2)nn(Cc2cc(=O)n3cc(C)sc3n2)c1=O. The Hall–Kier alpha value is -2.26. The third-order valence-electron chi connectivity index (χ3n) is 4.78. The molecule has 1 N–H and O–H groups in total. The Labute approximate surface area is 154 Å². The normalized spacial score (nSPS) is 17.8. The van der Waals surface area contributed by atoms with Gasteiger partial charge in [-0.25, -0.2) is 14.5 Å². The lowest BCUT2D eigenvalue weighted by atomic mass is 9.99. The number of nitrogens with one attached hydrogen (secondary N) is 1. The average Bonchev–Trinajstić information content (AvgIpc) is 3.16. The number of aryl methyl sites for hydroxylation is 1. The van der Waals surface area contributed by atoms with Gasteiger partial charge in [0.05, 0.1) is 12.2 Å². The van der Waals surface area contributed by atoms with Crippen LogP contribution in [0.4, 0.5) is 0 Å². The van der Waals surface area contributed by atoms with Gasteiger partial charge in [-0.2, -0.15) is 5.10 Å². The van der Waals surface area contributed by atoms with Crippen LogP contribution >= 0.6 is 11.3 Å². The minimum Gasteiger partial charge on any atom is -0.316 e. The van der Waals surface area contributed by atoms with Crippen LogP contribution in [-0.2, 0) is 13.1 Å². The third kappa shape index (κ3) is 3.01. The molecule has 8 nitrogen and oxygen atoms in total. The van der Waals surface area contributed by atoms with E-state index in [2.05, 4.69) is 15.4 Å². The van der Waals surface area contributed by atoms with Gasteiger partial charge in [-0.3, -0.25) is 13.8 Å². The Morgan fingerprint density at radius 2 is 2.23 bits per heavy atom. The zero-order chi connectivity index (χ0) is 18.3. The molecule has 9 heteroatoms. The van der Waals surface area contributed by atoms with Gasteiger partial charge in [0.1, 0.15) is 5.82 Å². The maximum atomic E-state index is 12.8. The standard InChI is InChI=1S/C17H22N6O2S/c1-3-21-15(12-5-4-6-18-8-12)20-23(17(21)25)10-13-7-14(24)22-9-11(2)26-16(22)19-13/h7,9,12,18H,3-6,8,10H2,1-2H3/t12-/m1/s1. The average molecular weight is 374 g/mol. The highest BCUT2D eigenvalue weighted by atomic mass is 32.1. The van der Waals surface area contributed by atoms with Crippen LogP contribution < -0.4 is 16.6 Å². The fourth-order valence-corrected chi connectivity index (χ4v) is 4.38. The second-order valence-corrected chi connectivity index (χ2v) is 7.88. The molecule has 0 radical (unpaired) electrons. The maximum absolute atomic E-state index is 12.8. The molecule has 0 aromatic carbocycles. The van der Waals surface area contributed by atoms with Crippen molar-refractivity contribution in [2.24, 2.45) is 0 Å². The molecule has 4 rings (SSSR count). The first-order valence-corrected chi connectivity index (χ1v) is 9.75. The zero-order valence-electron chi connectivity index (χ0n) is 14.9. The molecule has 1 aliphatic heterocycles. The van der Waals surface area contributed by atoms with Crippen LogP contribution in [0.5, 0.6) is 0 Å². The third-order valence-corrected chi connectivity index (χ3v) is 5.68. The quantitative estimate of drug-likeness (QED) is 0.735. The van der Waals surface area contributed by atoms with E-state index in [1.54, 1.807) is 10.8 Å². The van der Waals surface area contributed by atoms with Crippen molar-refractivity contribution in [2.75, 3.05) is 13.1 Å². The van der Waals surface area contributed by atoms with E-state index in [0.717, 1.165) is 36.6 Å². The Kier molecular flexibility index (Phi) is 4.49. The van der Waals surface area contributed by atoms with Gasteiger partial charge in [0.25, 0.3) is 5.56 Å². The van der Waals surface area contributed by atoms with E-state index < -0.39 is 0 Å². The summed E-state index contributed by atoms with van der Waals surface area (Å²) in [7, 11) is 0. The van der Waals surface area contributed by atoms with Crippen molar-refractivity contribution in [3.63, 3.8) is 0 Å². The lowest BCUT2D eigenvalue weighted by molar-refractivity contribution is 0.431. The van der Waals surface area contributed by atoms with Crippen molar-refractivity contribution in [3.8, 4) is 0 Å². The van der Waals surface area contributed by atoms with Gasteiger partial charge in [0.15, 0.2) is 4.96 Å². The molecule has 0 bridgehead atoms. The van der Waals surface area contributed by atoms with Gasteiger partial charge in [-0.1, -0.05) is 0 Å². The van der Waals surface area contributed by atoms with Gasteiger partial charge in [0, 0.05) is 36.1 Å². The summed E-state index contributed by atoms with van der Waals surface area (Å²) in [4.78, 5) is 31.2. The molecule has 3 aromatic rings. The Balaban J connectivity index is 1.71. The van der Waals surface area contributed by atoms with Crippen LogP contribution in [0.25, 0.3) is 4.96 Å². The molecule has 1 aliphatic rings. The highest BCUT2D eigenvalue weighted by Gasteiger charge is 2.23. The van der Waals surface area contributed by atoms with Gasteiger partial charge < -0.3 is 5.32 Å². The molecule has 0 amide bonds. The van der Waals surface area contributed by atoms with Crippen LogP contribution in [0.3, 0.4) is 0 Å². The molecular weight excluding hydrogens is 352 g/mol. The predicted molar refractivity (Wildman–Crippen MR) is 100 cm³/mol. The number of piperidine rings is 1. The fraction of sp³-hybridized carbons (Fsp3) is 0.529. The molecule has 1 saturated heterocycles. The van der Waals surface area contributed by atoms with Crippen LogP contribution in [0, 0.1) is 6.92 Å². The minimum absolute atomic E-state index is 0.131. The summed E-state index contributed by atoms with van der Waals surface area (Å²) in [5.74, 6) is 1.08. The molecule has 0 unspecified atom stereocenters. The molecule has 3 aromatic heterocycles. The molecule has 0 spiro atoms. The molecule has 1 fully saturated rings. The van der Waals surface area contributed by atoms with E-state index in [4.69, 9.17) is 0 Å². The molecule has 26 heavy (non-hydrogen) atoms. The van der Waals surface area contributed by atoms with Crippen LogP contribution in [0.2, 0.25) is 0 Å². The number of hydrogen-bond acceptors (Lipinski definition) is 6. The molecule has 0 saturated carbocycles. The zero-order valence-corrected chi connectivity index (χ0v) is 15.8. The first kappa shape index (κ1) is 17.2. The van der Waals surface area contributed by atoms with Crippen molar-refractivity contribution in [2.45, 2.75) is 45.7 Å². The van der Waals surface area contributed by atoms with Gasteiger partial charge in [0.2, 0.25) is 0 Å². The number of aromatic nitrogens is 5. The van der Waals surface area contributed by atoms with Crippen LogP contribution in [0.1, 0.15) is 42.1 Å². The molecule has 1 atom stereocenters. The van der Waals surface area contributed by atoms with E-state index >= 15 is 0 Å². The Morgan fingerprint density at radius 1 is 1.38 bits per heavy atom. The van der Waals surface area contributed by atoms with Crippen molar-refractivity contribution >= 4 is 16.3 Å². The highest BCUT2D eigenvalue weighted by Crippen LogP contribution is 2.20. The van der Waals surface area contributed by atoms with E-state index in [9.17, 15) is 9.59 Å². The summed E-state index contributed by atoms with van der Waals surface area (Å²) in [5, 5.41) is 7.97. The summed E-state index contributed by atoms with van der Waals surface area (Å²) in [5.41, 5.74) is 0.291. The minimum atomic E-state index is -0.141. The number of thiazole rings is 1. The lowest BCUT2D eigenvalue weighted by Gasteiger charge is -2.21. The van der Waals surface area contributed by atoms with Crippen LogP contribution in [0.15, 0.2) is 21.9 Å².